The molecule has 0 bridgehead atoms. The normalized spacial score (nSPS) is 12.6. The van der Waals surface area contributed by atoms with E-state index in [1.807, 2.05) is 0 Å². The molecule has 0 N–H and O–H groups in total. The minimum absolute atomic E-state index is 0.569. The van der Waals surface area contributed by atoms with Crippen molar-refractivity contribution in [2.45, 2.75) is 5.41 Å². The summed E-state index contributed by atoms with van der Waals surface area (Å²) in [6.45, 7) is 0. The Balaban J connectivity index is 1.04. The van der Waals surface area contributed by atoms with Crippen molar-refractivity contribution in [2.24, 2.45) is 0 Å². The number of furan rings is 1. The molecule has 0 aliphatic heterocycles. The monoisotopic (exact) mass is 803 g/mol. The van der Waals surface area contributed by atoms with Gasteiger partial charge in [0, 0.05) is 33.9 Å². The Kier molecular flexibility index (Phi) is 8.76. The number of rotatable bonds is 8. The Morgan fingerprint density at radius 1 is 0.286 bits per heavy atom. The number of fused-ring (bicyclic) bond motifs is 6. The minimum atomic E-state index is -0.569. The highest BCUT2D eigenvalue weighted by Gasteiger charge is 2.46. The Bertz CT molecular complexity index is 3330. The topological polar surface area (TPSA) is 16.4 Å². The van der Waals surface area contributed by atoms with E-state index >= 15 is 0 Å². The van der Waals surface area contributed by atoms with Gasteiger partial charge in [-0.15, -0.1) is 0 Å². The molecule has 1 aliphatic carbocycles. The van der Waals surface area contributed by atoms with E-state index in [1.54, 1.807) is 0 Å². The summed E-state index contributed by atoms with van der Waals surface area (Å²) in [5.41, 5.74) is 18.8. The fourth-order valence-corrected chi connectivity index (χ4v) is 10.1. The second-order valence-corrected chi connectivity index (χ2v) is 16.4. The van der Waals surface area contributed by atoms with Gasteiger partial charge in [0.15, 0.2) is 0 Å². The van der Waals surface area contributed by atoms with Crippen molar-refractivity contribution in [1.29, 1.82) is 0 Å². The van der Waals surface area contributed by atoms with Crippen molar-refractivity contribution in [3.63, 3.8) is 0 Å². The van der Waals surface area contributed by atoms with Crippen LogP contribution in [0.1, 0.15) is 22.3 Å². The fourth-order valence-electron chi connectivity index (χ4n) is 10.1. The molecule has 63 heavy (non-hydrogen) atoms. The quantitative estimate of drug-likeness (QED) is 0.152. The molecular weight excluding hydrogens is 763 g/mol. The summed E-state index contributed by atoms with van der Waals surface area (Å²) in [6, 6.07) is 90.0. The van der Waals surface area contributed by atoms with Crippen molar-refractivity contribution in [3.05, 3.63) is 271 Å². The summed E-state index contributed by atoms with van der Waals surface area (Å²) in [5.74, 6) is 0. The fraction of sp³-hybridized carbons (Fsp3) is 0.0164. The standard InChI is InChI=1S/C61H41NO/c1-4-17-42(18-5-1)45-23-14-26-48(37-45)61(57-31-12-10-29-53(57)54-30-11-13-32-58(54)61)49-33-35-55-56-36-34-52(41-60(56)63-59(55)40-49)62(50-27-15-24-46(38-50)43-19-6-2-7-20-43)51-28-16-25-47(39-51)44-21-8-3-9-22-44/h1-41H. The lowest BCUT2D eigenvalue weighted by Gasteiger charge is -2.34. The number of anilines is 3. The zero-order valence-corrected chi connectivity index (χ0v) is 34.5. The van der Waals surface area contributed by atoms with Crippen LogP contribution in [0.2, 0.25) is 0 Å². The maximum atomic E-state index is 7.02. The predicted molar refractivity (Wildman–Crippen MR) is 262 cm³/mol. The molecule has 0 amide bonds. The van der Waals surface area contributed by atoms with Crippen LogP contribution in [-0.2, 0) is 5.41 Å². The van der Waals surface area contributed by atoms with Crippen LogP contribution >= 0.6 is 0 Å². The van der Waals surface area contributed by atoms with E-state index in [4.69, 9.17) is 4.42 Å². The molecule has 2 heteroatoms. The maximum Gasteiger partial charge on any atom is 0.137 e. The highest BCUT2D eigenvalue weighted by atomic mass is 16.3. The van der Waals surface area contributed by atoms with Gasteiger partial charge < -0.3 is 9.32 Å². The third-order valence-electron chi connectivity index (χ3n) is 12.9. The van der Waals surface area contributed by atoms with Gasteiger partial charge in [-0.3, -0.25) is 0 Å². The molecular formula is C61H41NO. The molecule has 0 spiro atoms. The first-order valence-electron chi connectivity index (χ1n) is 21.7. The van der Waals surface area contributed by atoms with Gasteiger partial charge in [-0.2, -0.15) is 0 Å². The van der Waals surface area contributed by atoms with Gasteiger partial charge in [0.05, 0.1) is 5.41 Å². The van der Waals surface area contributed by atoms with E-state index in [9.17, 15) is 0 Å². The molecule has 0 atom stereocenters. The molecule has 0 fully saturated rings. The third kappa shape index (κ3) is 6.10. The van der Waals surface area contributed by atoms with Gasteiger partial charge in [0.25, 0.3) is 0 Å². The Morgan fingerprint density at radius 2 is 0.698 bits per heavy atom. The van der Waals surface area contributed by atoms with Crippen LogP contribution in [0.4, 0.5) is 17.1 Å². The Hall–Kier alpha value is -8.20. The molecule has 0 saturated carbocycles. The van der Waals surface area contributed by atoms with Crippen molar-refractivity contribution < 1.29 is 4.42 Å². The summed E-state index contributed by atoms with van der Waals surface area (Å²) in [7, 11) is 0. The zero-order valence-electron chi connectivity index (χ0n) is 34.5. The molecule has 1 aromatic heterocycles. The Labute approximate surface area is 367 Å². The second kappa shape index (κ2) is 15.1. The van der Waals surface area contributed by atoms with Crippen LogP contribution in [0.5, 0.6) is 0 Å². The van der Waals surface area contributed by atoms with Crippen molar-refractivity contribution in [2.75, 3.05) is 4.90 Å². The van der Waals surface area contributed by atoms with Crippen LogP contribution in [0, 0.1) is 0 Å². The SMILES string of the molecule is c1ccc(-c2cccc(N(c3cccc(-c4ccccc4)c3)c3ccc4c(c3)oc3cc(C5(c6cccc(-c7ccccc7)c6)c6ccccc6-c6ccccc65)ccc34)c2)cc1. The van der Waals surface area contributed by atoms with E-state index in [0.717, 1.165) is 50.1 Å². The van der Waals surface area contributed by atoms with Crippen LogP contribution in [0.25, 0.3) is 66.4 Å². The lowest BCUT2D eigenvalue weighted by Crippen LogP contribution is -2.28. The van der Waals surface area contributed by atoms with E-state index < -0.39 is 5.41 Å². The van der Waals surface area contributed by atoms with E-state index in [-0.39, 0.29) is 0 Å². The zero-order chi connectivity index (χ0) is 41.7. The molecule has 296 valence electrons. The van der Waals surface area contributed by atoms with Gasteiger partial charge in [-0.05, 0) is 115 Å². The molecule has 1 heterocycles. The van der Waals surface area contributed by atoms with Gasteiger partial charge in [-0.1, -0.05) is 194 Å². The lowest BCUT2D eigenvalue weighted by molar-refractivity contribution is 0.665. The molecule has 12 rings (SSSR count). The minimum Gasteiger partial charge on any atom is -0.456 e. The predicted octanol–water partition coefficient (Wildman–Crippen LogP) is 16.4. The highest BCUT2D eigenvalue weighted by molar-refractivity contribution is 6.07. The summed E-state index contributed by atoms with van der Waals surface area (Å²) in [5, 5.41) is 2.18. The van der Waals surface area contributed by atoms with E-state index in [2.05, 4.69) is 254 Å². The van der Waals surface area contributed by atoms with Crippen LogP contribution < -0.4 is 4.90 Å². The first-order valence-corrected chi connectivity index (χ1v) is 21.7. The Morgan fingerprint density at radius 3 is 1.25 bits per heavy atom. The van der Waals surface area contributed by atoms with Crippen LogP contribution in [0.15, 0.2) is 253 Å². The average molecular weight is 804 g/mol. The number of hydrogen-bond acceptors (Lipinski definition) is 2. The molecule has 1 aliphatic rings. The van der Waals surface area contributed by atoms with Gasteiger partial charge in [0.1, 0.15) is 11.2 Å². The molecule has 11 aromatic rings. The smallest absolute Gasteiger partial charge is 0.137 e. The number of nitrogens with zero attached hydrogens (tertiary/aromatic N) is 1. The summed E-state index contributed by atoms with van der Waals surface area (Å²) >= 11 is 0. The number of hydrogen-bond donors (Lipinski definition) is 0. The van der Waals surface area contributed by atoms with Gasteiger partial charge >= 0.3 is 0 Å². The molecule has 10 aromatic carbocycles. The van der Waals surface area contributed by atoms with Crippen LogP contribution in [-0.4, -0.2) is 0 Å². The van der Waals surface area contributed by atoms with Gasteiger partial charge in [0.2, 0.25) is 0 Å². The van der Waals surface area contributed by atoms with Crippen molar-refractivity contribution in [3.8, 4) is 44.5 Å². The molecule has 2 nitrogen and oxygen atoms in total. The maximum absolute atomic E-state index is 7.02. The van der Waals surface area contributed by atoms with E-state index in [1.165, 1.54) is 55.6 Å². The lowest BCUT2D eigenvalue weighted by atomic mass is 9.67. The van der Waals surface area contributed by atoms with Gasteiger partial charge in [-0.25, -0.2) is 0 Å². The summed E-state index contributed by atoms with van der Waals surface area (Å²) in [4.78, 5) is 2.35. The highest BCUT2D eigenvalue weighted by Crippen LogP contribution is 2.57. The van der Waals surface area contributed by atoms with Crippen LogP contribution in [0.3, 0.4) is 0 Å². The van der Waals surface area contributed by atoms with Crippen molar-refractivity contribution in [1.82, 2.24) is 0 Å². The average Bonchev–Trinajstić information content (AvgIpc) is 3.88. The molecule has 0 saturated heterocycles. The first-order chi connectivity index (χ1) is 31.2. The first kappa shape index (κ1) is 36.6. The van der Waals surface area contributed by atoms with E-state index in [0.29, 0.717) is 0 Å². The summed E-state index contributed by atoms with van der Waals surface area (Å²) < 4.78 is 7.02. The molecule has 0 radical (unpaired) electrons. The summed E-state index contributed by atoms with van der Waals surface area (Å²) in [6.07, 6.45) is 0. The molecule has 0 unspecified atom stereocenters. The number of benzene rings is 10. The largest absolute Gasteiger partial charge is 0.456 e. The second-order valence-electron chi connectivity index (χ2n) is 16.4. The third-order valence-corrected chi connectivity index (χ3v) is 12.9. The van der Waals surface area contributed by atoms with Crippen molar-refractivity contribution >= 4 is 39.0 Å².